The average Bonchev–Trinajstić information content (AvgIpc) is 2.92. The minimum absolute atomic E-state index is 0.114. The molecule has 0 aliphatic carbocycles. The van der Waals surface area contributed by atoms with Gasteiger partial charge < -0.3 is 19.1 Å². The third-order valence-corrected chi connectivity index (χ3v) is 4.15. The van der Waals surface area contributed by atoms with Crippen LogP contribution in [-0.4, -0.2) is 58.5 Å². The van der Waals surface area contributed by atoms with Crippen molar-refractivity contribution < 1.29 is 9.53 Å². The van der Waals surface area contributed by atoms with Gasteiger partial charge in [-0.25, -0.2) is 4.98 Å². The van der Waals surface area contributed by atoms with E-state index in [4.69, 9.17) is 4.74 Å². The van der Waals surface area contributed by atoms with Crippen molar-refractivity contribution in [2.75, 3.05) is 27.2 Å². The fraction of sp³-hybridized carbons (Fsp3) is 0.444. The van der Waals surface area contributed by atoms with E-state index < -0.39 is 0 Å². The lowest BCUT2D eigenvalue weighted by atomic mass is 10.2. The third kappa shape index (κ3) is 4.14. The zero-order chi connectivity index (χ0) is 16.9. The predicted molar refractivity (Wildman–Crippen MR) is 91.7 cm³/mol. The molecule has 0 saturated heterocycles. The standard InChI is InChI=1S/C18H24N4O2/c1-20(2)11-8-18(23)22-12-15-6-5-10-21(15)13-16(14-22)24-17-7-3-4-9-19-17/h3-7,9-10,16H,8,11-14H2,1-2H3/t16-/m1/s1. The number of aromatic nitrogens is 2. The van der Waals surface area contributed by atoms with Crippen molar-refractivity contribution in [3.05, 3.63) is 48.4 Å². The van der Waals surface area contributed by atoms with Gasteiger partial charge in [-0.15, -0.1) is 0 Å². The fourth-order valence-electron chi connectivity index (χ4n) is 2.88. The lowest BCUT2D eigenvalue weighted by molar-refractivity contribution is -0.133. The molecule has 0 fully saturated rings. The molecule has 0 saturated carbocycles. The maximum atomic E-state index is 12.6. The number of hydrogen-bond acceptors (Lipinski definition) is 4. The largest absolute Gasteiger partial charge is 0.471 e. The Kier molecular flexibility index (Phi) is 5.15. The number of fused-ring (bicyclic) bond motifs is 1. The second-order valence-corrected chi connectivity index (χ2v) is 6.39. The Hall–Kier alpha value is -2.34. The molecule has 1 aliphatic heterocycles. The SMILES string of the molecule is CN(C)CCC(=O)N1Cc2cccn2C[C@@H](Oc2ccccn2)C1. The number of carbonyl (C=O) groups is 1. The summed E-state index contributed by atoms with van der Waals surface area (Å²) in [6.07, 6.45) is 4.16. The molecule has 0 aromatic carbocycles. The molecule has 2 aromatic heterocycles. The maximum absolute atomic E-state index is 12.6. The molecule has 6 heteroatoms. The van der Waals surface area contributed by atoms with E-state index in [-0.39, 0.29) is 12.0 Å². The molecule has 0 radical (unpaired) electrons. The van der Waals surface area contributed by atoms with Crippen molar-refractivity contribution in [2.24, 2.45) is 0 Å². The lowest BCUT2D eigenvalue weighted by Gasteiger charge is -2.25. The Bertz CT molecular complexity index is 669. The second kappa shape index (κ2) is 7.49. The summed E-state index contributed by atoms with van der Waals surface area (Å²) >= 11 is 0. The van der Waals surface area contributed by atoms with Crippen LogP contribution in [0.1, 0.15) is 12.1 Å². The van der Waals surface area contributed by atoms with Gasteiger partial charge in [0.2, 0.25) is 11.8 Å². The van der Waals surface area contributed by atoms with Gasteiger partial charge in [0.15, 0.2) is 0 Å². The van der Waals surface area contributed by atoms with E-state index >= 15 is 0 Å². The van der Waals surface area contributed by atoms with Gasteiger partial charge in [0.25, 0.3) is 0 Å². The number of hydrogen-bond donors (Lipinski definition) is 0. The van der Waals surface area contributed by atoms with Crippen molar-refractivity contribution in [1.29, 1.82) is 0 Å². The summed E-state index contributed by atoms with van der Waals surface area (Å²) in [5.74, 6) is 0.756. The van der Waals surface area contributed by atoms with Crippen LogP contribution >= 0.6 is 0 Å². The van der Waals surface area contributed by atoms with Crippen molar-refractivity contribution in [3.8, 4) is 5.88 Å². The van der Waals surface area contributed by atoms with Crippen LogP contribution in [0, 0.1) is 0 Å². The molecule has 0 spiro atoms. The van der Waals surface area contributed by atoms with E-state index in [9.17, 15) is 4.79 Å². The van der Waals surface area contributed by atoms with E-state index in [1.807, 2.05) is 54.4 Å². The smallest absolute Gasteiger partial charge is 0.224 e. The Morgan fingerprint density at radius 3 is 2.92 bits per heavy atom. The quantitative estimate of drug-likeness (QED) is 0.837. The predicted octanol–water partition coefficient (Wildman–Crippen LogP) is 1.62. The molecule has 1 aliphatic rings. The van der Waals surface area contributed by atoms with Crippen LogP contribution in [0.4, 0.5) is 0 Å². The Labute approximate surface area is 142 Å². The van der Waals surface area contributed by atoms with Crippen LogP contribution in [0.15, 0.2) is 42.7 Å². The molecule has 1 amide bonds. The minimum Gasteiger partial charge on any atom is -0.471 e. The molecule has 24 heavy (non-hydrogen) atoms. The highest BCUT2D eigenvalue weighted by molar-refractivity contribution is 5.76. The van der Waals surface area contributed by atoms with Crippen LogP contribution in [0.2, 0.25) is 0 Å². The first-order valence-corrected chi connectivity index (χ1v) is 8.26. The molecule has 0 bridgehead atoms. The first-order valence-electron chi connectivity index (χ1n) is 8.26. The summed E-state index contributed by atoms with van der Waals surface area (Å²) in [6, 6.07) is 9.69. The minimum atomic E-state index is -0.114. The van der Waals surface area contributed by atoms with E-state index in [1.54, 1.807) is 6.20 Å². The summed E-state index contributed by atoms with van der Waals surface area (Å²) in [5, 5.41) is 0. The maximum Gasteiger partial charge on any atom is 0.224 e. The van der Waals surface area contributed by atoms with Gasteiger partial charge in [0, 0.05) is 37.1 Å². The number of rotatable bonds is 5. The lowest BCUT2D eigenvalue weighted by Crippen LogP contribution is -2.39. The Balaban J connectivity index is 1.74. The molecule has 128 valence electrons. The van der Waals surface area contributed by atoms with Gasteiger partial charge >= 0.3 is 0 Å². The van der Waals surface area contributed by atoms with E-state index in [2.05, 4.69) is 15.6 Å². The second-order valence-electron chi connectivity index (χ2n) is 6.39. The molecule has 0 N–H and O–H groups in total. The zero-order valence-electron chi connectivity index (χ0n) is 14.3. The molecule has 2 aromatic rings. The number of nitrogens with zero attached hydrogens (tertiary/aromatic N) is 4. The van der Waals surface area contributed by atoms with Crippen LogP contribution in [-0.2, 0) is 17.9 Å². The summed E-state index contributed by atoms with van der Waals surface area (Å²) < 4.78 is 8.19. The van der Waals surface area contributed by atoms with Gasteiger partial charge in [-0.05, 0) is 32.3 Å². The zero-order valence-corrected chi connectivity index (χ0v) is 14.3. The van der Waals surface area contributed by atoms with Crippen LogP contribution in [0.5, 0.6) is 5.88 Å². The normalized spacial score (nSPS) is 17.5. The number of pyridine rings is 1. The van der Waals surface area contributed by atoms with Gasteiger partial charge in [-0.3, -0.25) is 4.79 Å². The highest BCUT2D eigenvalue weighted by atomic mass is 16.5. The number of amides is 1. The highest BCUT2D eigenvalue weighted by Crippen LogP contribution is 2.18. The van der Waals surface area contributed by atoms with Crippen molar-refractivity contribution >= 4 is 5.91 Å². The fourth-order valence-corrected chi connectivity index (χ4v) is 2.88. The molecular weight excluding hydrogens is 304 g/mol. The Morgan fingerprint density at radius 2 is 2.17 bits per heavy atom. The summed E-state index contributed by atoms with van der Waals surface area (Å²) in [7, 11) is 3.96. The van der Waals surface area contributed by atoms with Gasteiger partial charge in [-0.1, -0.05) is 6.07 Å². The molecule has 3 heterocycles. The van der Waals surface area contributed by atoms with Crippen molar-refractivity contribution in [2.45, 2.75) is 25.6 Å². The van der Waals surface area contributed by atoms with E-state index in [1.165, 1.54) is 0 Å². The first kappa shape index (κ1) is 16.5. The first-order chi connectivity index (χ1) is 11.6. The van der Waals surface area contributed by atoms with Crippen LogP contribution in [0.25, 0.3) is 0 Å². The van der Waals surface area contributed by atoms with Crippen LogP contribution in [0.3, 0.4) is 0 Å². The van der Waals surface area contributed by atoms with E-state index in [0.717, 1.165) is 18.8 Å². The Morgan fingerprint density at radius 1 is 1.29 bits per heavy atom. The van der Waals surface area contributed by atoms with Gasteiger partial charge in [0.1, 0.15) is 6.10 Å². The molecular formula is C18H24N4O2. The van der Waals surface area contributed by atoms with Crippen molar-refractivity contribution in [3.63, 3.8) is 0 Å². The molecule has 6 nitrogen and oxygen atoms in total. The van der Waals surface area contributed by atoms with E-state index in [0.29, 0.717) is 25.4 Å². The summed E-state index contributed by atoms with van der Waals surface area (Å²) in [5.41, 5.74) is 1.14. The van der Waals surface area contributed by atoms with Gasteiger partial charge in [-0.2, -0.15) is 0 Å². The summed E-state index contributed by atoms with van der Waals surface area (Å²) in [4.78, 5) is 20.8. The topological polar surface area (TPSA) is 50.6 Å². The van der Waals surface area contributed by atoms with Gasteiger partial charge in [0.05, 0.1) is 19.6 Å². The van der Waals surface area contributed by atoms with Crippen molar-refractivity contribution in [1.82, 2.24) is 19.4 Å². The monoisotopic (exact) mass is 328 g/mol. The highest BCUT2D eigenvalue weighted by Gasteiger charge is 2.26. The average molecular weight is 328 g/mol. The number of carbonyl (C=O) groups excluding carboxylic acids is 1. The van der Waals surface area contributed by atoms with Crippen LogP contribution < -0.4 is 4.74 Å². The summed E-state index contributed by atoms with van der Waals surface area (Å²) in [6.45, 7) is 2.67. The third-order valence-electron chi connectivity index (χ3n) is 4.15. The molecule has 0 unspecified atom stereocenters. The number of ether oxygens (including phenoxy) is 1. The molecule has 1 atom stereocenters. The molecule has 3 rings (SSSR count).